The first-order chi connectivity index (χ1) is 28.4. The molecule has 0 radical (unpaired) electrons. The van der Waals surface area contributed by atoms with E-state index in [-0.39, 0.29) is 22.9 Å². The minimum Gasteiger partial charge on any atom is -0.456 e. The van der Waals surface area contributed by atoms with Crippen LogP contribution in [0, 0.1) is 26.2 Å². The van der Waals surface area contributed by atoms with Gasteiger partial charge in [-0.3, -0.25) is 0 Å². The molecule has 0 spiro atoms. The topological polar surface area (TPSA) is 40.5 Å². The van der Waals surface area contributed by atoms with E-state index in [0.717, 1.165) is 37.0 Å². The van der Waals surface area contributed by atoms with Crippen LogP contribution in [-0.2, 0) is 6.54 Å². The average molecular weight is 814 g/mol. The molecule has 0 fully saturated rings. The second-order valence-corrected chi connectivity index (χ2v) is 23.9. The minimum absolute atomic E-state index is 0.0573. The van der Waals surface area contributed by atoms with Gasteiger partial charge in [0, 0.05) is 43.5 Å². The Bertz CT molecular complexity index is 2770. The fraction of sp³-hybridized carbons (Fsp3) is 0.400. The number of nitrogens with zero attached hydrogens (tertiary/aromatic N) is 2. The van der Waals surface area contributed by atoms with E-state index < -0.39 is 14.4 Å². The lowest BCUT2D eigenvalue weighted by atomic mass is 9.65. The van der Waals surface area contributed by atoms with Gasteiger partial charge < -0.3 is 14.4 Å². The maximum absolute atomic E-state index is 11.7. The Labute approximate surface area is 359 Å². The van der Waals surface area contributed by atoms with Crippen LogP contribution < -0.4 is 4.57 Å². The number of benzene rings is 4. The Morgan fingerprint density at radius 3 is 2.20 bits per heavy atom. The van der Waals surface area contributed by atoms with Crippen LogP contribution in [0.25, 0.3) is 49.9 Å². The second-order valence-electron chi connectivity index (χ2n) is 20.6. The van der Waals surface area contributed by atoms with Gasteiger partial charge in [0.1, 0.15) is 11.2 Å². The van der Waals surface area contributed by atoms with E-state index in [9.17, 15) is 5.11 Å². The molecule has 60 heavy (non-hydrogen) atoms. The van der Waals surface area contributed by atoms with Crippen molar-refractivity contribution < 1.29 is 14.1 Å². The zero-order chi connectivity index (χ0) is 42.6. The maximum Gasteiger partial charge on any atom is 0.213 e. The van der Waals surface area contributed by atoms with Crippen molar-refractivity contribution in [2.75, 3.05) is 0 Å². The van der Waals surface area contributed by atoms with Gasteiger partial charge in [0.25, 0.3) is 0 Å². The van der Waals surface area contributed by atoms with Gasteiger partial charge in [0.15, 0.2) is 12.2 Å². The van der Waals surface area contributed by atoms with Crippen LogP contribution >= 0.6 is 0 Å². The van der Waals surface area contributed by atoms with E-state index in [2.05, 4.69) is 175 Å². The number of fused-ring (bicyclic) bond motifs is 9. The molecule has 1 N–H and O–H groups in total. The quantitative estimate of drug-likeness (QED) is 0.129. The van der Waals surface area contributed by atoms with E-state index in [1.165, 1.54) is 83.0 Å². The highest BCUT2D eigenvalue weighted by Gasteiger charge is 2.54. The maximum atomic E-state index is 11.7. The second kappa shape index (κ2) is 14.4. The summed E-state index contributed by atoms with van der Waals surface area (Å²) in [6.45, 7) is 28.3. The van der Waals surface area contributed by atoms with Crippen LogP contribution in [-0.4, -0.2) is 29.9 Å². The molecule has 3 atom stereocenters. The van der Waals surface area contributed by atoms with Crippen molar-refractivity contribution in [3.8, 4) is 11.1 Å². The zero-order valence-corrected chi connectivity index (χ0v) is 39.3. The van der Waals surface area contributed by atoms with E-state index >= 15 is 0 Å². The van der Waals surface area contributed by atoms with Crippen molar-refractivity contribution in [3.63, 3.8) is 0 Å². The Morgan fingerprint density at radius 2 is 1.53 bits per heavy atom. The van der Waals surface area contributed by atoms with Gasteiger partial charge in [-0.25, -0.2) is 0 Å². The minimum atomic E-state index is -1.24. The van der Waals surface area contributed by atoms with Crippen LogP contribution in [0.5, 0.6) is 0 Å². The molecule has 4 nitrogen and oxygen atoms in total. The van der Waals surface area contributed by atoms with Crippen LogP contribution in [0.1, 0.15) is 119 Å². The highest BCUT2D eigenvalue weighted by atomic mass is 28.3. The van der Waals surface area contributed by atoms with E-state index in [0.29, 0.717) is 5.54 Å². The molecule has 0 amide bonds. The summed E-state index contributed by atoms with van der Waals surface area (Å²) in [5, 5.41) is 16.5. The molecule has 5 heterocycles. The standard InChI is InChI=1S/C55H65N2O2Si/c1-13-55(14-2)52(47-27-37-17-15-16-18-39(37)45-30-44(54(9,10)58)50(60(11)12)32-56(45)47)43-29-49-42(28-40(43)46-25-36(21-22-57(46)55)31-53(6,7)8)41-26-38(19-20-48(41)59-49)51-34(4)23-33(3)24-35(51)5/h15-30,46,50,52,58,60H,13-14,31-32H2,1-12H3/q+1. The van der Waals surface area contributed by atoms with Crippen molar-refractivity contribution in [1.29, 1.82) is 0 Å². The molecule has 310 valence electrons. The lowest BCUT2D eigenvalue weighted by Crippen LogP contribution is -2.59. The molecule has 4 aromatic carbocycles. The number of furan rings is 1. The van der Waals surface area contributed by atoms with Crippen molar-refractivity contribution in [2.45, 2.75) is 137 Å². The first kappa shape index (κ1) is 40.7. The first-order valence-electron chi connectivity index (χ1n) is 22.6. The summed E-state index contributed by atoms with van der Waals surface area (Å²) in [7, 11) is -1.24. The number of aliphatic hydroxyl groups is 1. The summed E-state index contributed by atoms with van der Waals surface area (Å²) < 4.78 is 9.61. The number of pyridine rings is 1. The van der Waals surface area contributed by atoms with Crippen molar-refractivity contribution in [2.24, 2.45) is 5.41 Å². The van der Waals surface area contributed by atoms with Gasteiger partial charge >= 0.3 is 0 Å². The smallest absolute Gasteiger partial charge is 0.213 e. The Morgan fingerprint density at radius 1 is 0.833 bits per heavy atom. The number of hydrogen-bond acceptors (Lipinski definition) is 3. The first-order valence-corrected chi connectivity index (χ1v) is 25.6. The number of aryl methyl sites for hydroxylation is 3. The normalized spacial score (nSPS) is 20.1. The molecule has 0 saturated carbocycles. The Balaban J connectivity index is 1.36. The molecule has 0 bridgehead atoms. The number of rotatable bonds is 7. The highest BCUT2D eigenvalue weighted by Crippen LogP contribution is 2.56. The van der Waals surface area contributed by atoms with Gasteiger partial charge in [-0.05, 0) is 146 Å². The Kier molecular flexibility index (Phi) is 9.80. The van der Waals surface area contributed by atoms with Crippen molar-refractivity contribution >= 4 is 47.6 Å². The molecule has 2 aromatic heterocycles. The van der Waals surface area contributed by atoms with Gasteiger partial charge in [-0.1, -0.05) is 95.8 Å². The van der Waals surface area contributed by atoms with Gasteiger partial charge in [0.2, 0.25) is 5.69 Å². The summed E-state index contributed by atoms with van der Waals surface area (Å²) in [5.74, 6) is 0.0573. The molecule has 5 heteroatoms. The number of allylic oxidation sites excluding steroid dienone is 2. The number of aromatic nitrogens is 1. The van der Waals surface area contributed by atoms with Crippen molar-refractivity contribution in [1.82, 2.24) is 4.90 Å². The molecule has 3 aliphatic rings. The lowest BCUT2D eigenvalue weighted by molar-refractivity contribution is -0.706. The lowest BCUT2D eigenvalue weighted by Gasteiger charge is -2.55. The molecular weight excluding hydrogens is 749 g/mol. The molecule has 6 aromatic rings. The van der Waals surface area contributed by atoms with Gasteiger partial charge in [-0.2, -0.15) is 4.57 Å². The predicted octanol–water partition coefficient (Wildman–Crippen LogP) is 13.6. The fourth-order valence-electron chi connectivity index (χ4n) is 11.8. The summed E-state index contributed by atoms with van der Waals surface area (Å²) in [6.07, 6.45) is 12.8. The molecule has 3 unspecified atom stereocenters. The largest absolute Gasteiger partial charge is 0.456 e. The SMILES string of the molecule is CCC1(CC)C(c2cc3ccccc3c3[n+]2CC([SiH](C)C)C(C(C)(C)O)=C3)c2cc3oc4ccc(-c5c(C)cc(C)cc5C)cc4c3cc2C2C=C(CC(C)(C)C)C=CN21. The summed E-state index contributed by atoms with van der Waals surface area (Å²) in [6, 6.07) is 27.9. The highest BCUT2D eigenvalue weighted by molar-refractivity contribution is 6.58. The van der Waals surface area contributed by atoms with E-state index in [4.69, 9.17) is 4.42 Å². The summed E-state index contributed by atoms with van der Waals surface area (Å²) >= 11 is 0. The van der Waals surface area contributed by atoms with Crippen molar-refractivity contribution in [3.05, 3.63) is 141 Å². The van der Waals surface area contributed by atoms with Gasteiger partial charge in [0.05, 0.1) is 28.5 Å². The monoisotopic (exact) mass is 813 g/mol. The fourth-order valence-corrected chi connectivity index (χ4v) is 13.6. The molecule has 0 saturated heterocycles. The van der Waals surface area contributed by atoms with Crippen LogP contribution in [0.2, 0.25) is 18.6 Å². The average Bonchev–Trinajstić information content (AvgIpc) is 3.54. The number of hydrogen-bond donors (Lipinski definition) is 1. The van der Waals surface area contributed by atoms with Crippen LogP contribution in [0.15, 0.2) is 107 Å². The summed E-state index contributed by atoms with van der Waals surface area (Å²) in [5.41, 5.74) is 15.7. The molecule has 9 rings (SSSR count). The third-order valence-corrected chi connectivity index (χ3v) is 16.6. The molecular formula is C55H65N2O2Si+. The van der Waals surface area contributed by atoms with E-state index in [1.807, 2.05) is 13.8 Å². The predicted molar refractivity (Wildman–Crippen MR) is 255 cm³/mol. The Hall–Kier alpha value is -4.71. The van der Waals surface area contributed by atoms with E-state index in [1.54, 1.807) is 0 Å². The molecule has 3 aliphatic heterocycles. The van der Waals surface area contributed by atoms with Crippen LogP contribution in [0.4, 0.5) is 0 Å². The zero-order valence-electron chi connectivity index (χ0n) is 38.1. The third kappa shape index (κ3) is 6.54. The third-order valence-electron chi connectivity index (χ3n) is 14.4. The summed E-state index contributed by atoms with van der Waals surface area (Å²) in [4.78, 5) is 2.75. The molecule has 0 aliphatic carbocycles. The van der Waals surface area contributed by atoms with Crippen LogP contribution in [0.3, 0.4) is 0 Å². The van der Waals surface area contributed by atoms with Gasteiger partial charge in [-0.15, -0.1) is 0 Å².